The topological polar surface area (TPSA) is 152 Å². The van der Waals surface area contributed by atoms with Crippen LogP contribution in [0, 0.1) is 29.2 Å². The number of dihydropyridines is 1. The van der Waals surface area contributed by atoms with Gasteiger partial charge in [-0.3, -0.25) is 48.0 Å². The third-order valence-electron chi connectivity index (χ3n) is 16.0. The third kappa shape index (κ3) is 8.21. The van der Waals surface area contributed by atoms with Crippen LogP contribution in [0.15, 0.2) is 75.7 Å². The second kappa shape index (κ2) is 18.6. The Morgan fingerprint density at radius 3 is 2.29 bits per heavy atom. The van der Waals surface area contributed by atoms with Crippen LogP contribution >= 0.6 is 0 Å². The number of imidazole rings is 1. The Labute approximate surface area is 412 Å². The molecular formula is C52H57F4N11O5. The summed E-state index contributed by atoms with van der Waals surface area (Å²) in [5.41, 5.74) is 3.98. The van der Waals surface area contributed by atoms with Crippen molar-refractivity contribution in [3.05, 3.63) is 127 Å². The maximum atomic E-state index is 15.9. The number of hydrogen-bond acceptors (Lipinski definition) is 11. The second-order valence-corrected chi connectivity index (χ2v) is 20.1. The summed E-state index contributed by atoms with van der Waals surface area (Å²) in [5, 5.41) is 8.61. The molecule has 72 heavy (non-hydrogen) atoms. The van der Waals surface area contributed by atoms with Gasteiger partial charge in [0.2, 0.25) is 11.8 Å². The quantitative estimate of drug-likeness (QED) is 0.162. The van der Waals surface area contributed by atoms with Crippen molar-refractivity contribution < 1.29 is 31.9 Å². The number of nitrogens with zero attached hydrogens (tertiary/aromatic N) is 8. The molecule has 0 bridgehead atoms. The summed E-state index contributed by atoms with van der Waals surface area (Å²) in [4.78, 5) is 75.0. The molecule has 20 heteroatoms. The van der Waals surface area contributed by atoms with E-state index < -0.39 is 52.7 Å². The first-order valence-electron chi connectivity index (χ1n) is 24.9. The number of nitrogens with one attached hydrogen (secondary N) is 3. The molecule has 0 saturated carbocycles. The standard InChI is InChI=1S/C52H57F4N11O5/c1-29(41-24-34-39(7-13-58-48(34)60(41)2)66-28-38(56)47-33(51(66)71)6-12-57-47)63-16-10-31(11-17-63)46-36(54)22-32(23-37(46)55)50(70)65-14-8-30(9-15-65)27-62-18-20-64(21-19-62)42-26-43-44(25-35(42)53)67(52(72)61(43)3)40-4-5-45(68)59-49(40)69/h7,10,13,22-26,28-30,40,48,57-58H,4-6,8-9,11-12,14-21,27H2,1-3H3,(H,59,68,69)/t29-,40?,48?/m0/s1. The summed E-state index contributed by atoms with van der Waals surface area (Å²) in [6, 6.07) is 4.24. The van der Waals surface area contributed by atoms with Gasteiger partial charge in [-0.25, -0.2) is 22.4 Å². The number of piperazine rings is 1. The molecule has 0 spiro atoms. The first kappa shape index (κ1) is 47.4. The first-order valence-corrected chi connectivity index (χ1v) is 24.9. The lowest BCUT2D eigenvalue weighted by Gasteiger charge is -2.39. The lowest BCUT2D eigenvalue weighted by atomic mass is 9.94. The minimum absolute atomic E-state index is 0.0241. The zero-order chi connectivity index (χ0) is 50.3. The molecule has 11 rings (SSSR count). The fraction of sp³-hybridized carbons (Fsp3) is 0.442. The summed E-state index contributed by atoms with van der Waals surface area (Å²) in [6.45, 7) is 7.71. The van der Waals surface area contributed by atoms with Crippen LogP contribution in [0.25, 0.3) is 22.3 Å². The molecule has 3 N–H and O–H groups in total. The molecule has 16 nitrogen and oxygen atoms in total. The average Bonchev–Trinajstić information content (AvgIpc) is 4.07. The molecule has 4 aromatic rings. The Balaban J connectivity index is 0.686. The van der Waals surface area contributed by atoms with Gasteiger partial charge in [0, 0.05) is 132 Å². The van der Waals surface area contributed by atoms with Gasteiger partial charge in [-0.2, -0.15) is 0 Å². The maximum absolute atomic E-state index is 15.9. The van der Waals surface area contributed by atoms with Gasteiger partial charge in [-0.15, -0.1) is 0 Å². The SMILES string of the molecule is C[C@@H](C1=CC2=C(n3cc(F)c4c(c3=O)CCN4)C=CNC2N1C)N1CC=C(c2c(F)cc(C(=O)N3CCC(CN4CCN(c5cc6c(cc5F)n(C5CCC(=O)NC5=O)c(=O)n6C)CC4)CC3)cc2F)CC1. The summed E-state index contributed by atoms with van der Waals surface area (Å²) >= 11 is 0. The summed E-state index contributed by atoms with van der Waals surface area (Å²) in [6.07, 6.45) is 10.9. The third-order valence-corrected chi connectivity index (χ3v) is 16.0. The van der Waals surface area contributed by atoms with Crippen molar-refractivity contribution in [1.82, 2.24) is 43.9 Å². The molecule has 7 aliphatic heterocycles. The molecule has 378 valence electrons. The fourth-order valence-corrected chi connectivity index (χ4v) is 11.9. The molecule has 2 aromatic carbocycles. The van der Waals surface area contributed by atoms with Gasteiger partial charge in [0.15, 0.2) is 5.82 Å². The van der Waals surface area contributed by atoms with Gasteiger partial charge in [0.25, 0.3) is 11.5 Å². The summed E-state index contributed by atoms with van der Waals surface area (Å²) < 4.78 is 66.7. The predicted octanol–water partition coefficient (Wildman–Crippen LogP) is 4.34. The molecule has 3 amide bonds. The normalized spacial score (nSPS) is 22.5. The number of aromatic nitrogens is 3. The molecule has 7 aliphatic rings. The van der Waals surface area contributed by atoms with Crippen molar-refractivity contribution in [2.45, 2.75) is 63.7 Å². The van der Waals surface area contributed by atoms with Gasteiger partial charge in [0.05, 0.1) is 34.3 Å². The predicted molar refractivity (Wildman–Crippen MR) is 264 cm³/mol. The molecule has 2 unspecified atom stereocenters. The number of carbonyl (C=O) groups is 3. The zero-order valence-corrected chi connectivity index (χ0v) is 40.5. The maximum Gasteiger partial charge on any atom is 0.329 e. The second-order valence-electron chi connectivity index (χ2n) is 20.1. The van der Waals surface area contributed by atoms with E-state index in [9.17, 15) is 24.0 Å². The van der Waals surface area contributed by atoms with Crippen molar-refractivity contribution in [1.29, 1.82) is 0 Å². The van der Waals surface area contributed by atoms with Crippen LogP contribution in [0.4, 0.5) is 28.9 Å². The zero-order valence-electron chi connectivity index (χ0n) is 40.5. The smallest absolute Gasteiger partial charge is 0.329 e. The van der Waals surface area contributed by atoms with Crippen LogP contribution in [0.5, 0.6) is 0 Å². The van der Waals surface area contributed by atoms with E-state index in [0.717, 1.165) is 42.8 Å². The van der Waals surface area contributed by atoms with Crippen LogP contribution < -0.4 is 32.1 Å². The Morgan fingerprint density at radius 1 is 0.833 bits per heavy atom. The fourth-order valence-electron chi connectivity index (χ4n) is 11.9. The van der Waals surface area contributed by atoms with E-state index in [1.165, 1.54) is 26.0 Å². The number of likely N-dealkylation sites (tertiary alicyclic amines) is 1. The van der Waals surface area contributed by atoms with E-state index >= 15 is 17.6 Å². The number of pyridine rings is 1. The number of amides is 3. The Morgan fingerprint density at radius 2 is 1.58 bits per heavy atom. The summed E-state index contributed by atoms with van der Waals surface area (Å²) in [7, 11) is 3.54. The van der Waals surface area contributed by atoms with Crippen molar-refractivity contribution in [2.24, 2.45) is 13.0 Å². The highest BCUT2D eigenvalue weighted by Gasteiger charge is 2.37. The number of aryl methyl sites for hydroxylation is 1. The van der Waals surface area contributed by atoms with Crippen LogP contribution in [0.3, 0.4) is 0 Å². The molecule has 3 atom stereocenters. The van der Waals surface area contributed by atoms with E-state index in [1.807, 2.05) is 24.1 Å². The number of allylic oxidation sites excluding steroid dienone is 2. The lowest BCUT2D eigenvalue weighted by molar-refractivity contribution is -0.135. The van der Waals surface area contributed by atoms with Crippen LogP contribution in [0.1, 0.15) is 66.6 Å². The number of imide groups is 1. The van der Waals surface area contributed by atoms with E-state index in [0.29, 0.717) is 111 Å². The van der Waals surface area contributed by atoms with Crippen molar-refractivity contribution in [3.8, 4) is 0 Å². The molecular weight excluding hydrogens is 935 g/mol. The average molecular weight is 992 g/mol. The molecule has 3 saturated heterocycles. The van der Waals surface area contributed by atoms with Gasteiger partial charge < -0.3 is 25.3 Å². The highest BCUT2D eigenvalue weighted by molar-refractivity contribution is 6.00. The Bertz CT molecular complexity index is 3170. The molecule has 0 radical (unpaired) electrons. The molecule has 0 aliphatic carbocycles. The van der Waals surface area contributed by atoms with Gasteiger partial charge in [-0.05, 0) is 80.9 Å². The number of hydrogen-bond donors (Lipinski definition) is 3. The van der Waals surface area contributed by atoms with E-state index in [2.05, 4.69) is 37.6 Å². The number of rotatable bonds is 9. The van der Waals surface area contributed by atoms with E-state index in [-0.39, 0.29) is 47.4 Å². The number of halogens is 4. The van der Waals surface area contributed by atoms with Crippen LogP contribution in [-0.2, 0) is 23.1 Å². The van der Waals surface area contributed by atoms with Crippen LogP contribution in [0.2, 0.25) is 0 Å². The van der Waals surface area contributed by atoms with Gasteiger partial charge in [-0.1, -0.05) is 6.08 Å². The highest BCUT2D eigenvalue weighted by Crippen LogP contribution is 2.37. The minimum Gasteiger partial charge on any atom is -0.382 e. The number of benzene rings is 2. The lowest BCUT2D eigenvalue weighted by Crippen LogP contribution is -2.49. The monoisotopic (exact) mass is 991 g/mol. The first-order chi connectivity index (χ1) is 34.6. The van der Waals surface area contributed by atoms with Crippen molar-refractivity contribution in [3.63, 3.8) is 0 Å². The van der Waals surface area contributed by atoms with E-state index in [4.69, 9.17) is 0 Å². The van der Waals surface area contributed by atoms with Gasteiger partial charge >= 0.3 is 5.69 Å². The Hall–Kier alpha value is -6.93. The van der Waals surface area contributed by atoms with E-state index in [1.54, 1.807) is 30.3 Å². The molecule has 9 heterocycles. The molecule has 2 aromatic heterocycles. The molecule has 3 fully saturated rings. The number of piperidine rings is 2. The largest absolute Gasteiger partial charge is 0.382 e. The van der Waals surface area contributed by atoms with Crippen LogP contribution in [-0.4, -0.2) is 136 Å². The van der Waals surface area contributed by atoms with Gasteiger partial charge in [0.1, 0.15) is 29.7 Å². The number of carbonyl (C=O) groups excluding carboxylic acids is 3. The number of likely N-dealkylation sites (N-methyl/N-ethyl adjacent to an activating group) is 1. The Kier molecular flexibility index (Phi) is 12.2. The van der Waals surface area contributed by atoms with Crippen molar-refractivity contribution in [2.75, 3.05) is 82.7 Å². The number of anilines is 2. The number of fused-ring (bicyclic) bond motifs is 3. The summed E-state index contributed by atoms with van der Waals surface area (Å²) in [5.74, 6) is -3.61. The highest BCUT2D eigenvalue weighted by atomic mass is 19.1. The van der Waals surface area contributed by atoms with Crippen molar-refractivity contribution >= 4 is 51.4 Å². The minimum atomic E-state index is -0.905.